The van der Waals surface area contributed by atoms with Gasteiger partial charge in [0.2, 0.25) is 5.91 Å². The highest BCUT2D eigenvalue weighted by molar-refractivity contribution is 6.06. The SMILES string of the molecule is CCC(CC)(C(=O)NCCc1ccncc1)C(N)=NO. The average Bonchev–Trinajstić information content (AvgIpc) is 2.49. The van der Waals surface area contributed by atoms with E-state index in [1.807, 2.05) is 26.0 Å². The van der Waals surface area contributed by atoms with Crippen molar-refractivity contribution >= 4 is 11.7 Å². The number of nitrogens with zero attached hydrogens (tertiary/aromatic N) is 2. The molecule has 0 aliphatic carbocycles. The van der Waals surface area contributed by atoms with Crippen LogP contribution in [-0.4, -0.2) is 28.5 Å². The van der Waals surface area contributed by atoms with Gasteiger partial charge in [-0.3, -0.25) is 9.78 Å². The Bertz CT molecular complexity index is 456. The Morgan fingerprint density at radius 1 is 1.40 bits per heavy atom. The van der Waals surface area contributed by atoms with Crippen LogP contribution in [0.3, 0.4) is 0 Å². The van der Waals surface area contributed by atoms with Crippen LogP contribution in [0.5, 0.6) is 0 Å². The summed E-state index contributed by atoms with van der Waals surface area (Å²) in [6.45, 7) is 4.21. The Morgan fingerprint density at radius 3 is 2.50 bits per heavy atom. The van der Waals surface area contributed by atoms with Gasteiger partial charge in [0.25, 0.3) is 0 Å². The zero-order valence-electron chi connectivity index (χ0n) is 12.0. The minimum atomic E-state index is -0.938. The Kier molecular flexibility index (Phi) is 5.96. The molecule has 1 heterocycles. The third-order valence-corrected chi connectivity index (χ3v) is 3.69. The van der Waals surface area contributed by atoms with Crippen LogP contribution in [0.4, 0.5) is 0 Å². The summed E-state index contributed by atoms with van der Waals surface area (Å²) in [6, 6.07) is 3.81. The number of hydrogen-bond acceptors (Lipinski definition) is 4. The molecule has 0 radical (unpaired) electrons. The van der Waals surface area contributed by atoms with Crippen molar-refractivity contribution in [3.8, 4) is 0 Å². The summed E-state index contributed by atoms with van der Waals surface area (Å²) in [6.07, 6.45) is 5.13. The quantitative estimate of drug-likeness (QED) is 0.303. The van der Waals surface area contributed by atoms with Gasteiger partial charge in [0.1, 0.15) is 5.41 Å². The van der Waals surface area contributed by atoms with E-state index in [-0.39, 0.29) is 11.7 Å². The fourth-order valence-corrected chi connectivity index (χ4v) is 2.18. The third-order valence-electron chi connectivity index (χ3n) is 3.69. The summed E-state index contributed by atoms with van der Waals surface area (Å²) in [4.78, 5) is 16.3. The summed E-state index contributed by atoms with van der Waals surface area (Å²) in [5.41, 5.74) is 5.85. The molecule has 6 heteroatoms. The van der Waals surface area contributed by atoms with E-state index in [1.54, 1.807) is 12.4 Å². The van der Waals surface area contributed by atoms with Gasteiger partial charge in [-0.15, -0.1) is 0 Å². The van der Waals surface area contributed by atoms with Crippen LogP contribution >= 0.6 is 0 Å². The molecule has 0 aliphatic heterocycles. The molecule has 0 bridgehead atoms. The largest absolute Gasteiger partial charge is 0.409 e. The molecule has 0 aliphatic rings. The van der Waals surface area contributed by atoms with Crippen molar-refractivity contribution in [1.29, 1.82) is 0 Å². The van der Waals surface area contributed by atoms with Gasteiger partial charge in [-0.2, -0.15) is 0 Å². The molecule has 0 saturated carbocycles. The molecule has 6 nitrogen and oxygen atoms in total. The minimum Gasteiger partial charge on any atom is -0.409 e. The Balaban J connectivity index is 2.64. The van der Waals surface area contributed by atoms with Crippen molar-refractivity contribution in [2.45, 2.75) is 33.1 Å². The maximum atomic E-state index is 12.3. The number of hydrogen-bond donors (Lipinski definition) is 3. The van der Waals surface area contributed by atoms with Gasteiger partial charge in [0.05, 0.1) is 0 Å². The molecular weight excluding hydrogens is 256 g/mol. The smallest absolute Gasteiger partial charge is 0.233 e. The second-order valence-electron chi connectivity index (χ2n) is 4.64. The molecule has 0 atom stereocenters. The van der Waals surface area contributed by atoms with Crippen LogP contribution in [0.15, 0.2) is 29.7 Å². The summed E-state index contributed by atoms with van der Waals surface area (Å²) in [7, 11) is 0. The number of nitrogens with two attached hydrogens (primary N) is 1. The molecule has 1 amide bonds. The fourth-order valence-electron chi connectivity index (χ4n) is 2.18. The second-order valence-corrected chi connectivity index (χ2v) is 4.64. The van der Waals surface area contributed by atoms with Gasteiger partial charge >= 0.3 is 0 Å². The molecule has 0 unspecified atom stereocenters. The Labute approximate surface area is 119 Å². The predicted octanol–water partition coefficient (Wildman–Crippen LogP) is 1.29. The van der Waals surface area contributed by atoms with E-state index < -0.39 is 5.41 Å². The lowest BCUT2D eigenvalue weighted by Crippen LogP contribution is -2.49. The first-order chi connectivity index (χ1) is 9.60. The zero-order chi connectivity index (χ0) is 15.0. The van der Waals surface area contributed by atoms with Gasteiger partial charge in [-0.25, -0.2) is 0 Å². The van der Waals surface area contributed by atoms with Gasteiger partial charge in [0, 0.05) is 18.9 Å². The molecule has 0 aromatic carbocycles. The van der Waals surface area contributed by atoms with Crippen molar-refractivity contribution in [2.24, 2.45) is 16.3 Å². The molecule has 0 spiro atoms. The number of amidine groups is 1. The fraction of sp³-hybridized carbons (Fsp3) is 0.500. The highest BCUT2D eigenvalue weighted by atomic mass is 16.4. The predicted molar refractivity (Wildman–Crippen MR) is 77.4 cm³/mol. The van der Waals surface area contributed by atoms with Gasteiger partial charge in [-0.05, 0) is 37.0 Å². The number of oxime groups is 1. The van der Waals surface area contributed by atoms with Crippen LogP contribution in [0.2, 0.25) is 0 Å². The standard InChI is InChI=1S/C14H22N4O2/c1-3-14(4-2,12(15)18-20)13(19)17-10-7-11-5-8-16-9-6-11/h5-6,8-9,20H,3-4,7,10H2,1-2H3,(H2,15,18)(H,17,19). The van der Waals surface area contributed by atoms with Crippen molar-refractivity contribution in [1.82, 2.24) is 10.3 Å². The van der Waals surface area contributed by atoms with Gasteiger partial charge in [-0.1, -0.05) is 19.0 Å². The molecule has 0 fully saturated rings. The van der Waals surface area contributed by atoms with E-state index >= 15 is 0 Å². The number of nitrogens with one attached hydrogen (secondary N) is 1. The van der Waals surface area contributed by atoms with Crippen molar-refractivity contribution < 1.29 is 10.0 Å². The second kappa shape index (κ2) is 7.47. The van der Waals surface area contributed by atoms with E-state index in [0.29, 0.717) is 25.8 Å². The van der Waals surface area contributed by atoms with E-state index in [2.05, 4.69) is 15.5 Å². The summed E-state index contributed by atoms with van der Waals surface area (Å²) in [5, 5.41) is 14.7. The van der Waals surface area contributed by atoms with Crippen molar-refractivity contribution in [2.75, 3.05) is 6.54 Å². The van der Waals surface area contributed by atoms with E-state index in [4.69, 9.17) is 10.9 Å². The number of pyridine rings is 1. The molecule has 20 heavy (non-hydrogen) atoms. The average molecular weight is 278 g/mol. The lowest BCUT2D eigenvalue weighted by Gasteiger charge is -2.28. The number of carbonyl (C=O) groups is 1. The number of rotatable bonds is 7. The molecular formula is C14H22N4O2. The number of amides is 1. The summed E-state index contributed by atoms with van der Waals surface area (Å²) < 4.78 is 0. The highest BCUT2D eigenvalue weighted by Gasteiger charge is 2.39. The van der Waals surface area contributed by atoms with Gasteiger partial charge < -0.3 is 16.3 Å². The van der Waals surface area contributed by atoms with Crippen LogP contribution in [0.25, 0.3) is 0 Å². The maximum Gasteiger partial charge on any atom is 0.233 e. The highest BCUT2D eigenvalue weighted by Crippen LogP contribution is 2.26. The Hall–Kier alpha value is -2.11. The first kappa shape index (κ1) is 15.9. The molecule has 110 valence electrons. The normalized spacial score (nSPS) is 12.2. The van der Waals surface area contributed by atoms with Crippen LogP contribution in [0, 0.1) is 5.41 Å². The minimum absolute atomic E-state index is 0.0380. The maximum absolute atomic E-state index is 12.3. The first-order valence-corrected chi connectivity index (χ1v) is 6.76. The van der Waals surface area contributed by atoms with E-state index in [1.165, 1.54) is 0 Å². The molecule has 1 rings (SSSR count). The topological polar surface area (TPSA) is 101 Å². The van der Waals surface area contributed by atoms with Crippen LogP contribution in [-0.2, 0) is 11.2 Å². The molecule has 4 N–H and O–H groups in total. The zero-order valence-corrected chi connectivity index (χ0v) is 12.0. The number of aromatic nitrogens is 1. The third kappa shape index (κ3) is 3.46. The Morgan fingerprint density at radius 2 is 2.00 bits per heavy atom. The monoisotopic (exact) mass is 278 g/mol. The summed E-state index contributed by atoms with van der Waals surface area (Å²) >= 11 is 0. The molecule has 0 saturated heterocycles. The first-order valence-electron chi connectivity index (χ1n) is 6.76. The van der Waals surface area contributed by atoms with Gasteiger partial charge in [0.15, 0.2) is 5.84 Å². The lowest BCUT2D eigenvalue weighted by molar-refractivity contribution is -0.127. The molecule has 1 aromatic heterocycles. The van der Waals surface area contributed by atoms with Crippen molar-refractivity contribution in [3.63, 3.8) is 0 Å². The van der Waals surface area contributed by atoms with Crippen molar-refractivity contribution in [3.05, 3.63) is 30.1 Å². The van der Waals surface area contributed by atoms with Crippen LogP contribution in [0.1, 0.15) is 32.3 Å². The number of carbonyl (C=O) groups excluding carboxylic acids is 1. The lowest BCUT2D eigenvalue weighted by atomic mass is 9.80. The molecule has 1 aromatic rings. The van der Waals surface area contributed by atoms with E-state index in [0.717, 1.165) is 5.56 Å². The van der Waals surface area contributed by atoms with E-state index in [9.17, 15) is 4.79 Å². The van der Waals surface area contributed by atoms with Crippen LogP contribution < -0.4 is 11.1 Å². The summed E-state index contributed by atoms with van der Waals surface area (Å²) in [5.74, 6) is -0.240.